The number of aromatic nitrogens is 2. The Morgan fingerprint density at radius 1 is 1.08 bits per heavy atom. The third-order valence-corrected chi connectivity index (χ3v) is 7.61. The van der Waals surface area contributed by atoms with E-state index in [4.69, 9.17) is 9.72 Å². The van der Waals surface area contributed by atoms with Gasteiger partial charge in [0.05, 0.1) is 11.8 Å². The highest BCUT2D eigenvalue weighted by atomic mass is 32.2. The topological polar surface area (TPSA) is 70.6 Å². The Hall–Kier alpha value is -3.17. The minimum Gasteiger partial charge on any atom is -0.376 e. The first-order valence-electron chi connectivity index (χ1n) is 12.8. The van der Waals surface area contributed by atoms with Gasteiger partial charge in [0.2, 0.25) is 0 Å². The average molecular weight is 522 g/mol. The number of nitrogens with zero attached hydrogens (tertiary/aromatic N) is 4. The molecule has 2 aliphatic rings. The maximum atomic E-state index is 14.2. The third kappa shape index (κ3) is 6.59. The molecular weight excluding hydrogens is 489 g/mol. The van der Waals surface area contributed by atoms with E-state index in [2.05, 4.69) is 20.1 Å². The summed E-state index contributed by atoms with van der Waals surface area (Å²) in [5.41, 5.74) is 3.25. The number of nitrogens with one attached hydrogen (secondary N) is 1. The highest BCUT2D eigenvalue weighted by Crippen LogP contribution is 2.26. The van der Waals surface area contributed by atoms with Crippen LogP contribution in [-0.4, -0.2) is 61.3 Å². The van der Waals surface area contributed by atoms with Gasteiger partial charge < -0.3 is 19.9 Å². The number of halogens is 1. The van der Waals surface area contributed by atoms with Crippen molar-refractivity contribution in [3.8, 4) is 0 Å². The van der Waals surface area contributed by atoms with Crippen LogP contribution in [0.3, 0.4) is 0 Å². The number of hydrogen-bond donors (Lipinski definition) is 1. The summed E-state index contributed by atoms with van der Waals surface area (Å²) in [4.78, 5) is 26.3. The normalized spacial score (nSPS) is 17.7. The summed E-state index contributed by atoms with van der Waals surface area (Å²) in [6.07, 6.45) is 2.18. The third-order valence-electron chi connectivity index (χ3n) is 6.69. The van der Waals surface area contributed by atoms with E-state index < -0.39 is 0 Å². The second-order valence-corrected chi connectivity index (χ2v) is 10.4. The second-order valence-electron chi connectivity index (χ2n) is 9.41. The van der Waals surface area contributed by atoms with Crippen molar-refractivity contribution in [1.29, 1.82) is 0 Å². The molecule has 194 valence electrons. The van der Waals surface area contributed by atoms with Crippen LogP contribution in [0.15, 0.2) is 59.8 Å². The van der Waals surface area contributed by atoms with Crippen LogP contribution in [0.1, 0.15) is 34.5 Å². The van der Waals surface area contributed by atoms with Gasteiger partial charge in [-0.05, 0) is 49.6 Å². The van der Waals surface area contributed by atoms with E-state index in [1.165, 1.54) is 6.07 Å². The highest BCUT2D eigenvalue weighted by molar-refractivity contribution is 7.98. The molecule has 1 atom stereocenters. The lowest BCUT2D eigenvalue weighted by atomic mass is 10.1. The molecule has 9 heteroatoms. The fourth-order valence-electron chi connectivity index (χ4n) is 4.70. The van der Waals surface area contributed by atoms with Crippen LogP contribution in [0.5, 0.6) is 0 Å². The lowest BCUT2D eigenvalue weighted by Crippen LogP contribution is -2.47. The molecule has 0 bridgehead atoms. The Morgan fingerprint density at radius 2 is 1.89 bits per heavy atom. The number of benzene rings is 2. The molecule has 3 heterocycles. The molecule has 37 heavy (non-hydrogen) atoms. The van der Waals surface area contributed by atoms with Crippen molar-refractivity contribution in [2.75, 3.05) is 49.1 Å². The standard InChI is InChI=1S/C28H32FN5O2S/c1-20-16-26(34-13-11-33(12-14-34)25-10-3-2-9-24(25)29)32-28(31-20)37-19-21-6-4-7-22(17-21)27(35)30-18-23-8-5-15-36-23/h2-4,6-7,9-10,16-17,23H,5,8,11-15,18-19H2,1H3,(H,30,35)/t23-/m0/s1. The van der Waals surface area contributed by atoms with E-state index in [9.17, 15) is 9.18 Å². The van der Waals surface area contributed by atoms with Crippen LogP contribution in [-0.2, 0) is 10.5 Å². The summed E-state index contributed by atoms with van der Waals surface area (Å²) >= 11 is 1.56. The molecule has 0 radical (unpaired) electrons. The van der Waals surface area contributed by atoms with Gasteiger partial charge >= 0.3 is 0 Å². The predicted octanol–water partition coefficient (Wildman–Crippen LogP) is 4.45. The van der Waals surface area contributed by atoms with Crippen LogP contribution >= 0.6 is 11.8 Å². The largest absolute Gasteiger partial charge is 0.376 e. The van der Waals surface area contributed by atoms with Gasteiger partial charge in [-0.3, -0.25) is 4.79 Å². The monoisotopic (exact) mass is 521 g/mol. The van der Waals surface area contributed by atoms with Gasteiger partial charge in [0.1, 0.15) is 11.6 Å². The number of piperazine rings is 1. The minimum absolute atomic E-state index is 0.0778. The molecule has 3 aromatic rings. The number of hydrogen-bond acceptors (Lipinski definition) is 7. The number of carbonyl (C=O) groups excluding carboxylic acids is 1. The zero-order valence-electron chi connectivity index (χ0n) is 21.0. The molecule has 0 saturated carbocycles. The van der Waals surface area contributed by atoms with Crippen LogP contribution in [0.25, 0.3) is 0 Å². The average Bonchev–Trinajstić information content (AvgIpc) is 3.45. The van der Waals surface area contributed by atoms with E-state index in [0.29, 0.717) is 28.7 Å². The van der Waals surface area contributed by atoms with Crippen molar-refractivity contribution in [2.45, 2.75) is 36.8 Å². The van der Waals surface area contributed by atoms with Crippen LogP contribution < -0.4 is 15.1 Å². The van der Waals surface area contributed by atoms with Crippen molar-refractivity contribution in [3.05, 3.63) is 77.2 Å². The number of thioether (sulfide) groups is 1. The van der Waals surface area contributed by atoms with Crippen LogP contribution in [0, 0.1) is 12.7 Å². The van der Waals surface area contributed by atoms with Crippen LogP contribution in [0.2, 0.25) is 0 Å². The predicted molar refractivity (Wildman–Crippen MR) is 145 cm³/mol. The summed E-state index contributed by atoms with van der Waals surface area (Å²) in [6, 6.07) is 16.6. The van der Waals surface area contributed by atoms with Gasteiger partial charge in [-0.2, -0.15) is 0 Å². The molecule has 0 spiro atoms. The molecule has 7 nitrogen and oxygen atoms in total. The zero-order valence-corrected chi connectivity index (χ0v) is 21.8. The summed E-state index contributed by atoms with van der Waals surface area (Å²) < 4.78 is 19.8. The smallest absolute Gasteiger partial charge is 0.251 e. The zero-order chi connectivity index (χ0) is 25.6. The quantitative estimate of drug-likeness (QED) is 0.347. The van der Waals surface area contributed by atoms with E-state index in [-0.39, 0.29) is 17.8 Å². The minimum atomic E-state index is -0.183. The number of carbonyl (C=O) groups is 1. The first kappa shape index (κ1) is 25.5. The molecule has 2 saturated heterocycles. The molecule has 1 N–H and O–H groups in total. The first-order chi connectivity index (χ1) is 18.0. The molecule has 0 aliphatic carbocycles. The van der Waals surface area contributed by atoms with E-state index in [1.807, 2.05) is 49.4 Å². The summed E-state index contributed by atoms with van der Waals surface area (Å²) in [5, 5.41) is 3.69. The van der Waals surface area contributed by atoms with E-state index in [0.717, 1.165) is 62.7 Å². The molecule has 2 aromatic carbocycles. The SMILES string of the molecule is Cc1cc(N2CCN(c3ccccc3F)CC2)nc(SCc2cccc(C(=O)NC[C@@H]3CCCO3)c2)n1. The lowest BCUT2D eigenvalue weighted by Gasteiger charge is -2.37. The highest BCUT2D eigenvalue weighted by Gasteiger charge is 2.21. The van der Waals surface area contributed by atoms with E-state index >= 15 is 0 Å². The van der Waals surface area contributed by atoms with Gasteiger partial charge in [0.15, 0.2) is 5.16 Å². The van der Waals surface area contributed by atoms with Gasteiger partial charge in [-0.25, -0.2) is 14.4 Å². The number of ether oxygens (including phenoxy) is 1. The van der Waals surface area contributed by atoms with Gasteiger partial charge in [0.25, 0.3) is 5.91 Å². The molecule has 1 aromatic heterocycles. The maximum Gasteiger partial charge on any atom is 0.251 e. The number of aryl methyl sites for hydroxylation is 1. The number of rotatable bonds is 8. The molecule has 1 amide bonds. The Morgan fingerprint density at radius 3 is 2.68 bits per heavy atom. The van der Waals surface area contributed by atoms with Crippen LogP contribution in [0.4, 0.5) is 15.9 Å². The fourth-order valence-corrected chi connectivity index (χ4v) is 5.54. The van der Waals surface area contributed by atoms with Crippen molar-refractivity contribution < 1.29 is 13.9 Å². The Bertz CT molecular complexity index is 1230. The van der Waals surface area contributed by atoms with E-state index in [1.54, 1.807) is 17.8 Å². The summed E-state index contributed by atoms with van der Waals surface area (Å²) in [6.45, 7) is 6.29. The lowest BCUT2D eigenvalue weighted by molar-refractivity contribution is 0.0857. The molecule has 2 fully saturated rings. The Balaban J connectivity index is 1.18. The summed E-state index contributed by atoms with van der Waals surface area (Å²) in [7, 11) is 0. The number of para-hydroxylation sites is 1. The Labute approximate surface area is 221 Å². The van der Waals surface area contributed by atoms with Crippen molar-refractivity contribution in [1.82, 2.24) is 15.3 Å². The van der Waals surface area contributed by atoms with Gasteiger partial charge in [0, 0.05) is 62.4 Å². The van der Waals surface area contributed by atoms with Crippen molar-refractivity contribution in [3.63, 3.8) is 0 Å². The summed E-state index contributed by atoms with van der Waals surface area (Å²) in [5.74, 6) is 1.30. The number of anilines is 2. The van der Waals surface area contributed by atoms with Crippen molar-refractivity contribution in [2.24, 2.45) is 0 Å². The second kappa shape index (κ2) is 11.9. The number of amides is 1. The first-order valence-corrected chi connectivity index (χ1v) is 13.8. The van der Waals surface area contributed by atoms with Crippen molar-refractivity contribution >= 4 is 29.2 Å². The molecule has 5 rings (SSSR count). The molecule has 2 aliphatic heterocycles. The Kier molecular flexibility index (Phi) is 8.21. The molecule has 0 unspecified atom stereocenters. The maximum absolute atomic E-state index is 14.2. The van der Waals surface area contributed by atoms with Gasteiger partial charge in [-0.15, -0.1) is 0 Å². The molecular formula is C28H32FN5O2S. The fraction of sp³-hybridized carbons (Fsp3) is 0.393. The van der Waals surface area contributed by atoms with Gasteiger partial charge in [-0.1, -0.05) is 36.0 Å².